The van der Waals surface area contributed by atoms with Gasteiger partial charge in [0.25, 0.3) is 0 Å². The third kappa shape index (κ3) is 1.57. The lowest BCUT2D eigenvalue weighted by Crippen LogP contribution is -2.47. The van der Waals surface area contributed by atoms with Crippen molar-refractivity contribution in [3.05, 3.63) is 12.2 Å². The Morgan fingerprint density at radius 2 is 2.00 bits per heavy atom. The number of rotatable bonds is 1. The SMILES string of the molecule is C=C(C)[C@@H]1CC(=O)[C@H]2[C@H](C1)[C@@H]1C(=O)O[C@@H]3C[C@]4(C)O[C@H]2C(=O)[C@@H]4[C@H]13. The van der Waals surface area contributed by atoms with E-state index < -0.39 is 17.6 Å². The Labute approximate surface area is 140 Å². The van der Waals surface area contributed by atoms with Gasteiger partial charge in [0, 0.05) is 18.8 Å². The molecule has 128 valence electrons. The number of carbonyl (C=O) groups is 3. The highest BCUT2D eigenvalue weighted by molar-refractivity contribution is 5.98. The summed E-state index contributed by atoms with van der Waals surface area (Å²) in [4.78, 5) is 38.6. The summed E-state index contributed by atoms with van der Waals surface area (Å²) in [6.07, 6.45) is 0.806. The largest absolute Gasteiger partial charge is 0.462 e. The molecule has 3 aliphatic carbocycles. The quantitative estimate of drug-likeness (QED) is 0.540. The molecule has 2 aliphatic heterocycles. The zero-order valence-corrected chi connectivity index (χ0v) is 14.0. The molecule has 5 rings (SSSR count). The van der Waals surface area contributed by atoms with Crippen LogP contribution in [0.4, 0.5) is 0 Å². The van der Waals surface area contributed by atoms with Gasteiger partial charge in [-0.05, 0) is 32.1 Å². The van der Waals surface area contributed by atoms with Crippen molar-refractivity contribution < 1.29 is 23.9 Å². The molecule has 5 heteroatoms. The molecule has 5 nitrogen and oxygen atoms in total. The molecule has 0 radical (unpaired) electrons. The van der Waals surface area contributed by atoms with E-state index in [-0.39, 0.29) is 53.2 Å². The molecule has 0 aromatic carbocycles. The second-order valence-electron chi connectivity index (χ2n) is 8.65. The van der Waals surface area contributed by atoms with Crippen molar-refractivity contribution in [1.29, 1.82) is 0 Å². The fourth-order valence-corrected chi connectivity index (χ4v) is 6.39. The standard InChI is InChI=1S/C19H22O5/c1-7(2)8-4-9-12(10(20)5-8)17-16(21)15-14-11(6-19(15,3)24-17)23-18(22)13(9)14/h8-9,11-15,17H,1,4-6H2,2-3H3/t8-,9-,11+,12+,13-,14-,15-,17+,19-/m0/s1. The van der Waals surface area contributed by atoms with Crippen LogP contribution in [0.3, 0.4) is 0 Å². The van der Waals surface area contributed by atoms with E-state index in [1.807, 2.05) is 13.8 Å². The fraction of sp³-hybridized carbons (Fsp3) is 0.737. The van der Waals surface area contributed by atoms with Crippen LogP contribution in [0.1, 0.15) is 33.1 Å². The van der Waals surface area contributed by atoms with Gasteiger partial charge in [0.15, 0.2) is 5.78 Å². The van der Waals surface area contributed by atoms with Gasteiger partial charge in [0.1, 0.15) is 18.0 Å². The van der Waals surface area contributed by atoms with Gasteiger partial charge in [0.2, 0.25) is 0 Å². The third-order valence-electron chi connectivity index (χ3n) is 7.34. The second kappa shape index (κ2) is 4.37. The number of ketones is 2. The Morgan fingerprint density at radius 3 is 2.71 bits per heavy atom. The summed E-state index contributed by atoms with van der Waals surface area (Å²) in [6, 6.07) is 0. The van der Waals surface area contributed by atoms with Gasteiger partial charge in [-0.3, -0.25) is 14.4 Å². The maximum atomic E-state index is 13.1. The minimum absolute atomic E-state index is 0.0305. The number of fused-ring (bicyclic) bond motifs is 4. The van der Waals surface area contributed by atoms with Gasteiger partial charge in [-0.1, -0.05) is 12.2 Å². The van der Waals surface area contributed by atoms with E-state index in [4.69, 9.17) is 9.47 Å². The first kappa shape index (κ1) is 14.8. The van der Waals surface area contributed by atoms with Crippen LogP contribution in [0, 0.1) is 35.5 Å². The lowest BCUT2D eigenvalue weighted by atomic mass is 9.63. The number of hydrogen-bond donors (Lipinski definition) is 0. The van der Waals surface area contributed by atoms with Crippen LogP contribution in [-0.2, 0) is 23.9 Å². The molecule has 2 heterocycles. The van der Waals surface area contributed by atoms with Crippen LogP contribution in [0.5, 0.6) is 0 Å². The number of hydrogen-bond acceptors (Lipinski definition) is 5. The minimum Gasteiger partial charge on any atom is -0.462 e. The Kier molecular flexibility index (Phi) is 2.70. The molecule has 5 fully saturated rings. The molecule has 2 saturated heterocycles. The summed E-state index contributed by atoms with van der Waals surface area (Å²) in [7, 11) is 0. The summed E-state index contributed by atoms with van der Waals surface area (Å²) in [5.74, 6) is -1.44. The lowest BCUT2D eigenvalue weighted by molar-refractivity contribution is -0.160. The predicted molar refractivity (Wildman–Crippen MR) is 82.8 cm³/mol. The van der Waals surface area contributed by atoms with Gasteiger partial charge in [-0.15, -0.1) is 0 Å². The number of allylic oxidation sites excluding steroid dienone is 1. The van der Waals surface area contributed by atoms with Crippen LogP contribution in [0.15, 0.2) is 12.2 Å². The summed E-state index contributed by atoms with van der Waals surface area (Å²) in [5, 5.41) is 0. The highest BCUT2D eigenvalue weighted by atomic mass is 16.6. The van der Waals surface area contributed by atoms with E-state index in [2.05, 4.69) is 6.58 Å². The number of ether oxygens (including phenoxy) is 2. The normalized spacial score (nSPS) is 54.5. The Morgan fingerprint density at radius 1 is 1.25 bits per heavy atom. The first-order chi connectivity index (χ1) is 11.3. The average Bonchev–Trinajstić information content (AvgIpc) is 2.99. The zero-order valence-electron chi connectivity index (χ0n) is 14.0. The molecule has 24 heavy (non-hydrogen) atoms. The van der Waals surface area contributed by atoms with E-state index >= 15 is 0 Å². The number of esters is 1. The topological polar surface area (TPSA) is 69.7 Å². The lowest BCUT2D eigenvalue weighted by Gasteiger charge is -2.41. The van der Waals surface area contributed by atoms with Gasteiger partial charge < -0.3 is 9.47 Å². The van der Waals surface area contributed by atoms with Crippen molar-refractivity contribution in [2.45, 2.75) is 50.9 Å². The van der Waals surface area contributed by atoms with Crippen LogP contribution in [0.25, 0.3) is 0 Å². The first-order valence-electron chi connectivity index (χ1n) is 8.92. The molecule has 0 N–H and O–H groups in total. The number of carbonyl (C=O) groups excluding carboxylic acids is 3. The van der Waals surface area contributed by atoms with Crippen molar-refractivity contribution in [2.24, 2.45) is 35.5 Å². The van der Waals surface area contributed by atoms with Crippen molar-refractivity contribution in [1.82, 2.24) is 0 Å². The Bertz CT molecular complexity index is 696. The van der Waals surface area contributed by atoms with Crippen LogP contribution in [-0.4, -0.2) is 35.3 Å². The maximum Gasteiger partial charge on any atom is 0.309 e. The summed E-state index contributed by atoms with van der Waals surface area (Å²) < 4.78 is 11.8. The van der Waals surface area contributed by atoms with E-state index in [1.165, 1.54) is 0 Å². The monoisotopic (exact) mass is 330 g/mol. The number of Topliss-reactive ketones (excluding diaryl/α,β-unsaturated/α-hetero) is 2. The third-order valence-corrected chi connectivity index (χ3v) is 7.34. The van der Waals surface area contributed by atoms with Gasteiger partial charge >= 0.3 is 5.97 Å². The van der Waals surface area contributed by atoms with Crippen LogP contribution in [0.2, 0.25) is 0 Å². The molecular weight excluding hydrogens is 308 g/mol. The van der Waals surface area contributed by atoms with Crippen molar-refractivity contribution >= 4 is 17.5 Å². The summed E-state index contributed by atoms with van der Waals surface area (Å²) >= 11 is 0. The highest BCUT2D eigenvalue weighted by Gasteiger charge is 2.74. The van der Waals surface area contributed by atoms with Gasteiger partial charge in [-0.25, -0.2) is 0 Å². The molecule has 0 amide bonds. The Balaban J connectivity index is 1.66. The first-order valence-corrected chi connectivity index (χ1v) is 8.92. The molecule has 9 atom stereocenters. The molecule has 2 bridgehead atoms. The molecule has 0 unspecified atom stereocenters. The summed E-state index contributed by atoms with van der Waals surface area (Å²) in [5.41, 5.74) is 0.398. The van der Waals surface area contributed by atoms with Crippen LogP contribution < -0.4 is 0 Å². The maximum absolute atomic E-state index is 13.1. The fourth-order valence-electron chi connectivity index (χ4n) is 6.39. The van der Waals surface area contributed by atoms with E-state index in [1.54, 1.807) is 0 Å². The van der Waals surface area contributed by atoms with Crippen molar-refractivity contribution in [2.75, 3.05) is 0 Å². The van der Waals surface area contributed by atoms with Crippen molar-refractivity contribution in [3.8, 4) is 0 Å². The Hall–Kier alpha value is -1.49. The van der Waals surface area contributed by atoms with E-state index in [0.29, 0.717) is 12.8 Å². The minimum atomic E-state index is -0.664. The van der Waals surface area contributed by atoms with Gasteiger partial charge in [0.05, 0.1) is 23.4 Å². The summed E-state index contributed by atoms with van der Waals surface area (Å²) in [6.45, 7) is 7.89. The van der Waals surface area contributed by atoms with Gasteiger partial charge in [-0.2, -0.15) is 0 Å². The molecule has 0 spiro atoms. The molecule has 0 aromatic heterocycles. The molecule has 3 saturated carbocycles. The predicted octanol–water partition coefficient (Wildman–Crippen LogP) is 1.69. The average molecular weight is 330 g/mol. The smallest absolute Gasteiger partial charge is 0.309 e. The zero-order chi connectivity index (χ0) is 17.0. The van der Waals surface area contributed by atoms with Crippen LogP contribution >= 0.6 is 0 Å². The van der Waals surface area contributed by atoms with E-state index in [9.17, 15) is 14.4 Å². The second-order valence-corrected chi connectivity index (χ2v) is 8.65. The molecular formula is C19H22O5. The molecule has 5 aliphatic rings. The molecule has 0 aromatic rings. The highest BCUT2D eigenvalue weighted by Crippen LogP contribution is 2.63. The van der Waals surface area contributed by atoms with Crippen molar-refractivity contribution in [3.63, 3.8) is 0 Å². The van der Waals surface area contributed by atoms with E-state index in [0.717, 1.165) is 12.0 Å².